The molecule has 0 aromatic heterocycles. The van der Waals surface area contributed by atoms with Crippen molar-refractivity contribution in [3.8, 4) is 0 Å². The van der Waals surface area contributed by atoms with E-state index in [1.807, 2.05) is 6.92 Å². The van der Waals surface area contributed by atoms with Gasteiger partial charge in [-0.2, -0.15) is 0 Å². The summed E-state index contributed by atoms with van der Waals surface area (Å²) in [6, 6.07) is 0. The molecule has 0 aromatic rings. The third-order valence-electron chi connectivity index (χ3n) is 1.79. The summed E-state index contributed by atoms with van der Waals surface area (Å²) in [6.45, 7) is 3.54. The highest BCUT2D eigenvalue weighted by molar-refractivity contribution is 7.56. The fourth-order valence-electron chi connectivity index (χ4n) is 0.872. The topological polar surface area (TPSA) is 46.5 Å². The van der Waals surface area contributed by atoms with Crippen molar-refractivity contribution >= 4 is 19.2 Å². The highest BCUT2D eigenvalue weighted by Crippen LogP contribution is 2.58. The van der Waals surface area contributed by atoms with Crippen LogP contribution in [0.4, 0.5) is 0 Å². The second kappa shape index (κ2) is 2.60. The van der Waals surface area contributed by atoms with Gasteiger partial charge in [0.15, 0.2) is 0 Å². The summed E-state index contributed by atoms with van der Waals surface area (Å²) in [4.78, 5) is 9.00. The lowest BCUT2D eigenvalue weighted by molar-refractivity contribution is 0.127. The first-order chi connectivity index (χ1) is 4.90. The molecule has 2 unspecified atom stereocenters. The van der Waals surface area contributed by atoms with Gasteiger partial charge in [-0.15, -0.1) is 0 Å². The van der Waals surface area contributed by atoms with Crippen molar-refractivity contribution < 1.29 is 14.0 Å². The summed E-state index contributed by atoms with van der Waals surface area (Å²) in [5.41, 5.74) is -0.758. The Morgan fingerprint density at radius 1 is 1.91 bits per heavy atom. The quantitative estimate of drug-likeness (QED) is 0.656. The zero-order chi connectivity index (χ0) is 8.70. The largest absolute Gasteiger partial charge is 0.353 e. The van der Waals surface area contributed by atoms with Crippen LogP contribution in [-0.4, -0.2) is 10.5 Å². The highest BCUT2D eigenvalue weighted by atomic mass is 35.5. The molecule has 1 rings (SSSR count). The standard InChI is InChI=1S/C6H10ClO3P/c1-3-6(2)5(7)4-11(8,9)10-6/h4H,3H2,1-2H3,(H,8,9). The summed E-state index contributed by atoms with van der Waals surface area (Å²) in [6.07, 6.45) is 0.590. The average molecular weight is 197 g/mol. The van der Waals surface area contributed by atoms with Gasteiger partial charge in [-0.3, -0.25) is 9.09 Å². The summed E-state index contributed by atoms with van der Waals surface area (Å²) in [5.74, 6) is 1.10. The van der Waals surface area contributed by atoms with Gasteiger partial charge in [0, 0.05) is 5.82 Å². The molecule has 64 valence electrons. The number of hydrogen-bond donors (Lipinski definition) is 1. The van der Waals surface area contributed by atoms with Crippen LogP contribution in [0.1, 0.15) is 20.3 Å². The van der Waals surface area contributed by atoms with E-state index in [1.54, 1.807) is 6.92 Å². The van der Waals surface area contributed by atoms with Gasteiger partial charge in [0.05, 0.1) is 5.03 Å². The van der Waals surface area contributed by atoms with Crippen molar-refractivity contribution in [2.24, 2.45) is 0 Å². The Labute approximate surface area is 70.5 Å². The zero-order valence-corrected chi connectivity index (χ0v) is 8.02. The summed E-state index contributed by atoms with van der Waals surface area (Å²) in [5, 5.41) is 0.325. The molecule has 0 aliphatic carbocycles. The van der Waals surface area contributed by atoms with E-state index in [-0.39, 0.29) is 0 Å². The molecule has 1 N–H and O–H groups in total. The first kappa shape index (κ1) is 9.27. The van der Waals surface area contributed by atoms with Crippen LogP contribution in [0, 0.1) is 0 Å². The molecular weight excluding hydrogens is 186 g/mol. The summed E-state index contributed by atoms with van der Waals surface area (Å²) in [7, 11) is -3.53. The molecule has 1 aliphatic rings. The predicted molar refractivity (Wildman–Crippen MR) is 43.5 cm³/mol. The van der Waals surface area contributed by atoms with Crippen molar-refractivity contribution in [3.05, 3.63) is 10.8 Å². The van der Waals surface area contributed by atoms with Crippen molar-refractivity contribution in [3.63, 3.8) is 0 Å². The molecule has 0 fully saturated rings. The molecule has 0 radical (unpaired) electrons. The second-order valence-electron chi connectivity index (χ2n) is 2.72. The minimum Gasteiger partial charge on any atom is -0.321 e. The van der Waals surface area contributed by atoms with Crippen LogP contribution in [0.2, 0.25) is 0 Å². The zero-order valence-electron chi connectivity index (χ0n) is 6.37. The van der Waals surface area contributed by atoms with Gasteiger partial charge in [-0.25, -0.2) is 0 Å². The lowest BCUT2D eigenvalue weighted by atomic mass is 10.0. The molecule has 1 aliphatic heterocycles. The predicted octanol–water partition coefficient (Wildman–Crippen LogP) is 2.45. The molecule has 0 amide bonds. The van der Waals surface area contributed by atoms with Gasteiger partial charge in [0.2, 0.25) is 0 Å². The second-order valence-corrected chi connectivity index (χ2v) is 4.69. The van der Waals surface area contributed by atoms with Crippen LogP contribution in [0.15, 0.2) is 10.8 Å². The van der Waals surface area contributed by atoms with Crippen molar-refractivity contribution in [1.82, 2.24) is 0 Å². The van der Waals surface area contributed by atoms with E-state index in [2.05, 4.69) is 0 Å². The molecular formula is C6H10ClO3P. The Morgan fingerprint density at radius 3 is 2.64 bits per heavy atom. The molecule has 5 heteroatoms. The van der Waals surface area contributed by atoms with E-state index in [1.165, 1.54) is 0 Å². The maximum absolute atomic E-state index is 11.0. The van der Waals surface area contributed by atoms with Gasteiger partial charge < -0.3 is 4.89 Å². The molecule has 0 spiro atoms. The van der Waals surface area contributed by atoms with Crippen LogP contribution in [0.5, 0.6) is 0 Å². The first-order valence-corrected chi connectivity index (χ1v) is 5.34. The monoisotopic (exact) mass is 196 g/mol. The summed E-state index contributed by atoms with van der Waals surface area (Å²) < 4.78 is 15.9. The van der Waals surface area contributed by atoms with Crippen LogP contribution >= 0.6 is 19.2 Å². The molecule has 11 heavy (non-hydrogen) atoms. The van der Waals surface area contributed by atoms with Gasteiger partial charge in [0.1, 0.15) is 5.60 Å². The molecule has 3 nitrogen and oxygen atoms in total. The number of rotatable bonds is 1. The van der Waals surface area contributed by atoms with Crippen molar-refractivity contribution in [2.75, 3.05) is 0 Å². The lowest BCUT2D eigenvalue weighted by Crippen LogP contribution is -2.22. The van der Waals surface area contributed by atoms with Crippen molar-refractivity contribution in [1.29, 1.82) is 0 Å². The molecule has 0 saturated heterocycles. The average Bonchev–Trinajstić information content (AvgIpc) is 2.03. The van der Waals surface area contributed by atoms with E-state index in [0.717, 1.165) is 5.82 Å². The van der Waals surface area contributed by atoms with Crippen LogP contribution in [0.25, 0.3) is 0 Å². The fraction of sp³-hybridized carbons (Fsp3) is 0.667. The molecule has 0 saturated carbocycles. The van der Waals surface area contributed by atoms with E-state index in [9.17, 15) is 4.57 Å². The van der Waals surface area contributed by atoms with Gasteiger partial charge in [-0.1, -0.05) is 18.5 Å². The van der Waals surface area contributed by atoms with E-state index in [4.69, 9.17) is 21.0 Å². The van der Waals surface area contributed by atoms with Crippen LogP contribution in [-0.2, 0) is 9.09 Å². The van der Waals surface area contributed by atoms with E-state index in [0.29, 0.717) is 11.5 Å². The van der Waals surface area contributed by atoms with Gasteiger partial charge >= 0.3 is 7.60 Å². The fourth-order valence-corrected chi connectivity index (χ4v) is 2.88. The maximum Gasteiger partial charge on any atom is 0.353 e. The molecule has 2 atom stereocenters. The SMILES string of the molecule is CCC1(C)OP(=O)(O)C=C1Cl. The first-order valence-electron chi connectivity index (χ1n) is 3.32. The Morgan fingerprint density at radius 2 is 2.45 bits per heavy atom. The molecule has 0 aromatic carbocycles. The van der Waals surface area contributed by atoms with Gasteiger partial charge in [0.25, 0.3) is 0 Å². The Kier molecular flexibility index (Phi) is 2.19. The molecule has 1 heterocycles. The highest BCUT2D eigenvalue weighted by Gasteiger charge is 2.41. The Bertz CT molecular complexity index is 250. The third-order valence-corrected chi connectivity index (χ3v) is 3.70. The van der Waals surface area contributed by atoms with E-state index < -0.39 is 13.2 Å². The third kappa shape index (κ3) is 1.67. The van der Waals surface area contributed by atoms with Gasteiger partial charge in [-0.05, 0) is 13.3 Å². The normalized spacial score (nSPS) is 44.2. The van der Waals surface area contributed by atoms with Crippen LogP contribution < -0.4 is 0 Å². The summed E-state index contributed by atoms with van der Waals surface area (Å²) >= 11 is 5.71. The van der Waals surface area contributed by atoms with Crippen molar-refractivity contribution in [2.45, 2.75) is 25.9 Å². The van der Waals surface area contributed by atoms with Crippen LogP contribution in [0.3, 0.4) is 0 Å². The lowest BCUT2D eigenvalue weighted by Gasteiger charge is -2.21. The minimum atomic E-state index is -3.53. The Hall–Kier alpha value is 0.180. The van der Waals surface area contributed by atoms with E-state index >= 15 is 0 Å². The maximum atomic E-state index is 11.0. The Balaban J connectivity index is 2.97. The molecule has 0 bridgehead atoms. The number of halogens is 1. The smallest absolute Gasteiger partial charge is 0.321 e. The minimum absolute atomic E-state index is 0.325. The number of hydrogen-bond acceptors (Lipinski definition) is 2.